The van der Waals surface area contributed by atoms with Gasteiger partial charge in [-0.3, -0.25) is 0 Å². The molecule has 0 saturated heterocycles. The number of para-hydroxylation sites is 1. The van der Waals surface area contributed by atoms with Crippen molar-refractivity contribution in [1.82, 2.24) is 0 Å². The Bertz CT molecular complexity index is 509. The Kier molecular flexibility index (Phi) is 6.90. The van der Waals surface area contributed by atoms with Gasteiger partial charge in [0.1, 0.15) is 5.75 Å². The minimum atomic E-state index is -4.98. The second-order valence-electron chi connectivity index (χ2n) is 4.16. The van der Waals surface area contributed by atoms with E-state index in [1.54, 1.807) is 12.1 Å². The Balaban J connectivity index is 2.38. The number of unbranched alkanes of at least 4 members (excludes halogenated alkanes) is 1. The highest BCUT2D eigenvalue weighted by Crippen LogP contribution is 2.60. The smallest absolute Gasteiger partial charge is 0.469 e. The average Bonchev–Trinajstić information content (AvgIpc) is 2.35. The van der Waals surface area contributed by atoms with Crippen LogP contribution in [0.5, 0.6) is 5.75 Å². The lowest BCUT2D eigenvalue weighted by molar-refractivity contribution is 0.308. The fourth-order valence-corrected chi connectivity index (χ4v) is 3.43. The number of nitrogens with zero attached hydrogens (tertiary/aromatic N) is 1. The van der Waals surface area contributed by atoms with Crippen LogP contribution < -0.4 is 4.74 Å². The Morgan fingerprint density at radius 3 is 2.29 bits per heavy atom. The van der Waals surface area contributed by atoms with Crippen molar-refractivity contribution < 1.29 is 33.8 Å². The van der Waals surface area contributed by atoms with E-state index in [9.17, 15) is 4.57 Å². The minimum absolute atomic E-state index is 0.0535. The van der Waals surface area contributed by atoms with E-state index in [-0.39, 0.29) is 6.54 Å². The van der Waals surface area contributed by atoms with Crippen LogP contribution in [0.4, 0.5) is 0 Å². The van der Waals surface area contributed by atoms with Gasteiger partial charge in [-0.15, -0.1) is 0 Å². The zero-order chi connectivity index (χ0) is 15.9. The summed E-state index contributed by atoms with van der Waals surface area (Å²) in [4.78, 5) is 48.0. The monoisotopic (exact) mass is 338 g/mol. The largest absolute Gasteiger partial charge is 0.494 e. The summed E-state index contributed by atoms with van der Waals surface area (Å²) in [5, 5.41) is -1.25. The molecule has 0 bridgehead atoms. The number of ether oxygens (including phenoxy) is 1. The van der Waals surface area contributed by atoms with Crippen LogP contribution in [0.3, 0.4) is 0 Å². The van der Waals surface area contributed by atoms with Crippen molar-refractivity contribution in [3.63, 3.8) is 0 Å². The van der Waals surface area contributed by atoms with Crippen LogP contribution in [-0.2, 0) is 4.57 Å². The van der Waals surface area contributed by atoms with E-state index in [0.717, 1.165) is 0 Å². The van der Waals surface area contributed by atoms with Crippen LogP contribution in [0.1, 0.15) is 12.8 Å². The fourth-order valence-electron chi connectivity index (χ4n) is 1.46. The molecule has 10 heteroatoms. The maximum Gasteiger partial charge on any atom is 0.469 e. The second kappa shape index (κ2) is 7.96. The molecule has 1 aromatic carbocycles. The molecular formula is C11H18NO7P2+. The van der Waals surface area contributed by atoms with Gasteiger partial charge in [-0.25, -0.2) is 9.56 Å². The number of aliphatic imine (C=N–C) groups is 1. The van der Waals surface area contributed by atoms with Gasteiger partial charge in [0.25, 0.3) is 0 Å². The number of hydrogen-bond acceptors (Lipinski definition) is 6. The lowest BCUT2D eigenvalue weighted by Gasteiger charge is -2.08. The van der Waals surface area contributed by atoms with Crippen molar-refractivity contribution in [2.24, 2.45) is 4.99 Å². The molecule has 0 saturated carbocycles. The third-order valence-electron chi connectivity index (χ3n) is 2.35. The van der Waals surface area contributed by atoms with Crippen LogP contribution in [0, 0.1) is 0 Å². The van der Waals surface area contributed by atoms with Crippen molar-refractivity contribution in [2.75, 3.05) is 13.2 Å². The first-order valence-electron chi connectivity index (χ1n) is 6.07. The standard InChI is InChI=1S/C11H17NO7P2/c13-20(14,15)11(21(16,17)18)12-8-4-5-9-19-10-6-2-1-3-7-10/h1-3,6-7,13-15H,4-5,8-9H2,(H-,16,17,18)/p+1. The second-order valence-corrected chi connectivity index (χ2v) is 7.59. The molecule has 0 spiro atoms. The highest BCUT2D eigenvalue weighted by Gasteiger charge is 2.51. The molecule has 0 radical (unpaired) electrons. The summed E-state index contributed by atoms with van der Waals surface area (Å²) in [7, 11) is -9.78. The van der Waals surface area contributed by atoms with Gasteiger partial charge in [0.05, 0.1) is 6.61 Å². The summed E-state index contributed by atoms with van der Waals surface area (Å²) in [5.74, 6) is 0.711. The molecule has 21 heavy (non-hydrogen) atoms. The molecule has 0 aliphatic carbocycles. The van der Waals surface area contributed by atoms with Gasteiger partial charge in [-0.05, 0) is 25.0 Å². The van der Waals surface area contributed by atoms with E-state index in [2.05, 4.69) is 4.99 Å². The van der Waals surface area contributed by atoms with Crippen LogP contribution >= 0.6 is 15.5 Å². The van der Waals surface area contributed by atoms with E-state index in [1.807, 2.05) is 18.2 Å². The molecule has 0 aliphatic heterocycles. The van der Waals surface area contributed by atoms with Gasteiger partial charge < -0.3 is 14.5 Å². The Labute approximate surface area is 122 Å². The molecule has 0 fully saturated rings. The summed E-state index contributed by atoms with van der Waals surface area (Å²) < 4.78 is 16.4. The molecule has 0 unspecified atom stereocenters. The molecular weight excluding hydrogens is 320 g/mol. The van der Waals surface area contributed by atoms with Gasteiger partial charge in [0, 0.05) is 6.54 Å². The number of hydrogen-bond donors (Lipinski definition) is 5. The molecule has 0 amide bonds. The summed E-state index contributed by atoms with van der Waals surface area (Å²) in [6.07, 6.45) is 0.969. The summed E-state index contributed by atoms with van der Waals surface area (Å²) in [5.41, 5.74) is 0. The Hall–Kier alpha value is -0.850. The molecule has 5 N–H and O–H groups in total. The molecule has 1 rings (SSSR count). The van der Waals surface area contributed by atoms with E-state index >= 15 is 0 Å². The lowest BCUT2D eigenvalue weighted by atomic mass is 10.3. The quantitative estimate of drug-likeness (QED) is 0.272. The van der Waals surface area contributed by atoms with Gasteiger partial charge in [0.2, 0.25) is 0 Å². The van der Waals surface area contributed by atoms with Crippen molar-refractivity contribution in [3.05, 3.63) is 30.3 Å². The Morgan fingerprint density at radius 2 is 1.76 bits per heavy atom. The summed E-state index contributed by atoms with van der Waals surface area (Å²) in [6.45, 7) is 0.338. The third-order valence-corrected chi connectivity index (χ3v) is 5.27. The predicted octanol–water partition coefficient (Wildman–Crippen LogP) is 1.12. The topological polar surface area (TPSA) is 140 Å². The van der Waals surface area contributed by atoms with Gasteiger partial charge in [0.15, 0.2) is 0 Å². The van der Waals surface area contributed by atoms with Crippen LogP contribution in [0.15, 0.2) is 35.3 Å². The number of benzene rings is 1. The van der Waals surface area contributed by atoms with E-state index in [4.69, 9.17) is 29.2 Å². The van der Waals surface area contributed by atoms with Crippen molar-refractivity contribution in [1.29, 1.82) is 0 Å². The first-order valence-corrected chi connectivity index (χ1v) is 9.33. The fraction of sp³-hybridized carbons (Fsp3) is 0.364. The van der Waals surface area contributed by atoms with Crippen molar-refractivity contribution in [2.45, 2.75) is 12.8 Å². The highest BCUT2D eigenvalue weighted by molar-refractivity contribution is 8.00. The van der Waals surface area contributed by atoms with Crippen LogP contribution in [0.2, 0.25) is 0 Å². The summed E-state index contributed by atoms with van der Waals surface area (Å²) in [6, 6.07) is 9.12. The molecule has 8 nitrogen and oxygen atoms in total. The van der Waals surface area contributed by atoms with Gasteiger partial charge in [-0.1, -0.05) is 18.2 Å². The summed E-state index contributed by atoms with van der Waals surface area (Å²) >= 11 is 0. The Morgan fingerprint density at radius 1 is 1.14 bits per heavy atom. The first-order chi connectivity index (χ1) is 9.71. The maximum atomic E-state index is 11.0. The van der Waals surface area contributed by atoms with E-state index in [0.29, 0.717) is 25.2 Å². The highest BCUT2D eigenvalue weighted by atomic mass is 31.3. The SMILES string of the molecule is O=P(O)(O)C(=NCCCCOc1ccccc1)[P+](O)(O)O. The predicted molar refractivity (Wildman–Crippen MR) is 79.1 cm³/mol. The third kappa shape index (κ3) is 7.11. The molecule has 0 aromatic heterocycles. The van der Waals surface area contributed by atoms with Crippen molar-refractivity contribution >= 4 is 20.7 Å². The van der Waals surface area contributed by atoms with E-state index in [1.165, 1.54) is 0 Å². The van der Waals surface area contributed by atoms with Gasteiger partial charge in [-0.2, -0.15) is 14.7 Å². The van der Waals surface area contributed by atoms with Gasteiger partial charge >= 0.3 is 20.7 Å². The van der Waals surface area contributed by atoms with Crippen LogP contribution in [0.25, 0.3) is 0 Å². The molecule has 0 aliphatic rings. The zero-order valence-electron chi connectivity index (χ0n) is 11.1. The normalized spacial score (nSPS) is 13.3. The molecule has 0 heterocycles. The zero-order valence-corrected chi connectivity index (χ0v) is 12.9. The van der Waals surface area contributed by atoms with Crippen LogP contribution in [-0.4, -0.2) is 42.8 Å². The molecule has 1 aromatic rings. The number of rotatable bonds is 8. The van der Waals surface area contributed by atoms with E-state index < -0.39 is 20.7 Å². The maximum absolute atomic E-state index is 11.0. The molecule has 0 atom stereocenters. The first kappa shape index (κ1) is 18.2. The lowest BCUT2D eigenvalue weighted by Crippen LogP contribution is -2.07. The average molecular weight is 338 g/mol. The minimum Gasteiger partial charge on any atom is -0.494 e. The molecule has 118 valence electrons. The van der Waals surface area contributed by atoms with Crippen molar-refractivity contribution in [3.8, 4) is 5.75 Å².